The second-order valence-corrected chi connectivity index (χ2v) is 5.90. The van der Waals surface area contributed by atoms with Crippen molar-refractivity contribution in [2.75, 3.05) is 6.61 Å². The molecule has 1 aliphatic rings. The lowest BCUT2D eigenvalue weighted by molar-refractivity contribution is -0.0332. The lowest BCUT2D eigenvalue weighted by Crippen LogP contribution is -2.33. The monoisotopic (exact) mass is 334 g/mol. The maximum absolute atomic E-state index is 11.7. The first-order valence-corrected chi connectivity index (χ1v) is 7.96. The highest BCUT2D eigenvalue weighted by Crippen LogP contribution is 2.39. The minimum atomic E-state index is -4.54. The summed E-state index contributed by atoms with van der Waals surface area (Å²) in [5.74, 6) is -0.0658. The topological polar surface area (TPSA) is 131 Å². The zero-order valence-electron chi connectivity index (χ0n) is 12.0. The Bertz CT molecular complexity index is 649. The van der Waals surface area contributed by atoms with Gasteiger partial charge in [0.2, 0.25) is 0 Å². The van der Waals surface area contributed by atoms with E-state index in [-0.39, 0.29) is 12.5 Å². The Hall–Kier alpha value is -1.51. The maximum Gasteiger partial charge on any atom is 0.469 e. The maximum atomic E-state index is 11.7. The van der Waals surface area contributed by atoms with Crippen LogP contribution in [-0.4, -0.2) is 32.0 Å². The smallest absolute Gasteiger partial charge is 0.352 e. The third kappa shape index (κ3) is 5.04. The Morgan fingerprint density at radius 2 is 2.14 bits per heavy atom. The average molecular weight is 334 g/mol. The van der Waals surface area contributed by atoms with Gasteiger partial charge in [0.1, 0.15) is 6.23 Å². The minimum Gasteiger partial charge on any atom is -0.352 e. The van der Waals surface area contributed by atoms with Crippen molar-refractivity contribution in [3.8, 4) is 0 Å². The van der Waals surface area contributed by atoms with Crippen LogP contribution in [0.2, 0.25) is 0 Å². The summed E-state index contributed by atoms with van der Waals surface area (Å²) >= 11 is 0. The van der Waals surface area contributed by atoms with Gasteiger partial charge >= 0.3 is 13.5 Å². The van der Waals surface area contributed by atoms with Gasteiger partial charge in [-0.05, 0) is 6.42 Å². The molecule has 124 valence electrons. The molecule has 1 fully saturated rings. The van der Waals surface area contributed by atoms with Gasteiger partial charge in [-0.2, -0.15) is 0 Å². The van der Waals surface area contributed by atoms with Crippen molar-refractivity contribution >= 4 is 7.82 Å². The van der Waals surface area contributed by atoms with Gasteiger partial charge in [-0.25, -0.2) is 9.36 Å². The van der Waals surface area contributed by atoms with Crippen molar-refractivity contribution in [2.45, 2.75) is 25.7 Å². The van der Waals surface area contributed by atoms with Crippen molar-refractivity contribution in [1.82, 2.24) is 9.55 Å². The molecule has 22 heavy (non-hydrogen) atoms. The molecule has 9 nitrogen and oxygen atoms in total. The van der Waals surface area contributed by atoms with Crippen LogP contribution >= 0.6 is 7.82 Å². The second-order valence-electron chi connectivity index (χ2n) is 4.67. The summed E-state index contributed by atoms with van der Waals surface area (Å²) in [5.41, 5.74) is -1.09. The highest BCUT2D eigenvalue weighted by Gasteiger charge is 2.35. The van der Waals surface area contributed by atoms with Gasteiger partial charge in [0.15, 0.2) is 0 Å². The van der Waals surface area contributed by atoms with E-state index in [1.807, 2.05) is 6.92 Å². The van der Waals surface area contributed by atoms with Crippen molar-refractivity contribution in [2.24, 2.45) is 5.92 Å². The SMILES string of the molecule is C=C.CC1CC(COP(=O)(O)O)OC1n1ccc(=O)[nH]c1=O. The molecule has 2 rings (SSSR count). The van der Waals surface area contributed by atoms with E-state index in [1.165, 1.54) is 16.8 Å². The molecule has 0 amide bonds. The summed E-state index contributed by atoms with van der Waals surface area (Å²) in [4.78, 5) is 42.1. The van der Waals surface area contributed by atoms with E-state index >= 15 is 0 Å². The summed E-state index contributed by atoms with van der Waals surface area (Å²) in [6, 6.07) is 1.21. The van der Waals surface area contributed by atoms with Crippen LogP contribution in [0.5, 0.6) is 0 Å². The second kappa shape index (κ2) is 7.66. The molecule has 1 aromatic rings. The Morgan fingerprint density at radius 1 is 1.50 bits per heavy atom. The number of phosphoric ester groups is 1. The van der Waals surface area contributed by atoms with E-state index in [9.17, 15) is 14.2 Å². The number of nitrogens with zero attached hydrogens (tertiary/aromatic N) is 1. The predicted molar refractivity (Wildman–Crippen MR) is 78.3 cm³/mol. The molecule has 1 aliphatic heterocycles. The third-order valence-corrected chi connectivity index (χ3v) is 3.49. The molecule has 10 heteroatoms. The molecular weight excluding hydrogens is 315 g/mol. The van der Waals surface area contributed by atoms with Gasteiger partial charge in [0.25, 0.3) is 5.56 Å². The van der Waals surface area contributed by atoms with E-state index in [4.69, 9.17) is 14.5 Å². The van der Waals surface area contributed by atoms with Crippen molar-refractivity contribution in [1.29, 1.82) is 0 Å². The number of aromatic nitrogens is 2. The predicted octanol–water partition coefficient (Wildman–Crippen LogP) is 0.372. The zero-order chi connectivity index (χ0) is 16.9. The lowest BCUT2D eigenvalue weighted by Gasteiger charge is -2.17. The van der Waals surface area contributed by atoms with Crippen LogP contribution in [0.1, 0.15) is 19.6 Å². The summed E-state index contributed by atoms with van der Waals surface area (Å²) in [6.45, 7) is 7.57. The normalized spacial score (nSPS) is 24.6. The van der Waals surface area contributed by atoms with E-state index in [0.717, 1.165) is 0 Å². The van der Waals surface area contributed by atoms with Gasteiger partial charge < -0.3 is 14.5 Å². The number of rotatable bonds is 4. The fraction of sp³-hybridized carbons (Fsp3) is 0.500. The first kappa shape index (κ1) is 18.5. The van der Waals surface area contributed by atoms with E-state index in [2.05, 4.69) is 22.7 Å². The third-order valence-electron chi connectivity index (χ3n) is 3.01. The molecule has 0 bridgehead atoms. The van der Waals surface area contributed by atoms with Gasteiger partial charge in [-0.3, -0.25) is 18.9 Å². The molecule has 1 aromatic heterocycles. The van der Waals surface area contributed by atoms with Crippen LogP contribution in [0, 0.1) is 5.92 Å². The van der Waals surface area contributed by atoms with Crippen LogP contribution in [0.25, 0.3) is 0 Å². The highest BCUT2D eigenvalue weighted by atomic mass is 31.2. The van der Waals surface area contributed by atoms with Gasteiger partial charge in [-0.1, -0.05) is 6.92 Å². The van der Waals surface area contributed by atoms with Crippen LogP contribution in [-0.2, 0) is 13.8 Å². The molecule has 1 saturated heterocycles. The summed E-state index contributed by atoms with van der Waals surface area (Å²) in [7, 11) is -4.54. The molecule has 0 spiro atoms. The molecule has 0 radical (unpaired) electrons. The minimum absolute atomic E-state index is 0.0658. The number of nitrogens with one attached hydrogen (secondary N) is 1. The van der Waals surface area contributed by atoms with E-state index in [0.29, 0.717) is 6.42 Å². The Kier molecular flexibility index (Phi) is 6.46. The number of phosphoric acid groups is 1. The van der Waals surface area contributed by atoms with Crippen LogP contribution in [0.3, 0.4) is 0 Å². The average Bonchev–Trinajstić information content (AvgIpc) is 2.79. The van der Waals surface area contributed by atoms with Crippen molar-refractivity contribution < 1.29 is 23.6 Å². The molecule has 0 aliphatic carbocycles. The van der Waals surface area contributed by atoms with Crippen LogP contribution in [0.4, 0.5) is 0 Å². The molecule has 2 heterocycles. The Labute approximate surface area is 126 Å². The highest BCUT2D eigenvalue weighted by molar-refractivity contribution is 7.46. The quantitative estimate of drug-likeness (QED) is 0.535. The molecule has 3 atom stereocenters. The van der Waals surface area contributed by atoms with Crippen molar-refractivity contribution in [3.63, 3.8) is 0 Å². The first-order chi connectivity index (χ1) is 10.3. The number of aromatic amines is 1. The number of hydrogen-bond acceptors (Lipinski definition) is 5. The summed E-state index contributed by atoms with van der Waals surface area (Å²) in [6.07, 6.45) is 0.677. The molecule has 3 N–H and O–H groups in total. The number of ether oxygens (including phenoxy) is 1. The van der Waals surface area contributed by atoms with E-state index in [1.54, 1.807) is 0 Å². The van der Waals surface area contributed by atoms with Gasteiger partial charge in [0.05, 0.1) is 12.7 Å². The fourth-order valence-corrected chi connectivity index (χ4v) is 2.53. The fourth-order valence-electron chi connectivity index (χ4n) is 2.17. The zero-order valence-corrected chi connectivity index (χ0v) is 12.9. The summed E-state index contributed by atoms with van der Waals surface area (Å²) < 4.78 is 21.8. The van der Waals surface area contributed by atoms with Gasteiger partial charge in [0, 0.05) is 18.2 Å². The van der Waals surface area contributed by atoms with Crippen LogP contribution in [0.15, 0.2) is 35.0 Å². The molecule has 0 saturated carbocycles. The first-order valence-electron chi connectivity index (χ1n) is 6.43. The van der Waals surface area contributed by atoms with Crippen molar-refractivity contribution in [3.05, 3.63) is 46.3 Å². The molecule has 0 aromatic carbocycles. The number of hydrogen-bond donors (Lipinski definition) is 3. The van der Waals surface area contributed by atoms with E-state index < -0.39 is 31.4 Å². The van der Waals surface area contributed by atoms with Crippen LogP contribution < -0.4 is 11.2 Å². The molecule has 3 unspecified atom stereocenters. The lowest BCUT2D eigenvalue weighted by atomic mass is 10.1. The Morgan fingerprint density at radius 3 is 2.68 bits per heavy atom. The largest absolute Gasteiger partial charge is 0.469 e. The standard InChI is InChI=1S/C10H15N2O7P.C2H4/c1-6-4-7(5-18-20(15,16)17)19-9(6)12-3-2-8(13)11-10(12)14;1-2/h2-3,6-7,9H,4-5H2,1H3,(H,11,13,14)(H2,15,16,17);1-2H2. The molecular formula is C12H19N2O7P. The summed E-state index contributed by atoms with van der Waals surface area (Å²) in [5, 5.41) is 0. The van der Waals surface area contributed by atoms with Gasteiger partial charge in [-0.15, -0.1) is 13.2 Å². The number of H-pyrrole nitrogens is 1. The Balaban J connectivity index is 0.00000116.